The molecular weight excluding hydrogens is 332 g/mol. The summed E-state index contributed by atoms with van der Waals surface area (Å²) in [5.41, 5.74) is 4.22. The first-order valence-corrected chi connectivity index (χ1v) is 11.0. The highest BCUT2D eigenvalue weighted by atomic mass is 16.5. The lowest BCUT2D eigenvalue weighted by Crippen LogP contribution is -2.29. The maximum Gasteiger partial charge on any atom is 0.119 e. The fourth-order valence-corrected chi connectivity index (χ4v) is 3.82. The van der Waals surface area contributed by atoms with Crippen LogP contribution in [0.15, 0.2) is 29.8 Å². The van der Waals surface area contributed by atoms with Crippen molar-refractivity contribution in [3.8, 4) is 5.75 Å². The van der Waals surface area contributed by atoms with Crippen LogP contribution in [-0.4, -0.2) is 44.2 Å². The van der Waals surface area contributed by atoms with Crippen molar-refractivity contribution in [2.24, 2.45) is 0 Å². The molecule has 3 nitrogen and oxygen atoms in total. The first-order valence-electron chi connectivity index (χ1n) is 11.0. The lowest BCUT2D eigenvalue weighted by atomic mass is 10.0. The van der Waals surface area contributed by atoms with Crippen LogP contribution in [-0.2, 0) is 6.42 Å². The molecule has 1 heterocycles. The molecule has 0 saturated heterocycles. The lowest BCUT2D eigenvalue weighted by Gasteiger charge is -2.31. The Labute approximate surface area is 167 Å². The highest BCUT2D eigenvalue weighted by molar-refractivity contribution is 5.58. The minimum atomic E-state index is 0.826. The fraction of sp³-hybridized carbons (Fsp3) is 0.667. The maximum absolute atomic E-state index is 6.06. The highest BCUT2D eigenvalue weighted by Crippen LogP contribution is 2.30. The number of fused-ring (bicyclic) bond motifs is 1. The lowest BCUT2D eigenvalue weighted by molar-refractivity contribution is 0.250. The Morgan fingerprint density at radius 2 is 1.89 bits per heavy atom. The van der Waals surface area contributed by atoms with E-state index in [0.717, 1.165) is 31.9 Å². The number of benzene rings is 1. The summed E-state index contributed by atoms with van der Waals surface area (Å²) >= 11 is 0. The first-order chi connectivity index (χ1) is 13.1. The quantitative estimate of drug-likeness (QED) is 0.346. The monoisotopic (exact) mass is 372 g/mol. The Balaban J connectivity index is 1.79. The summed E-state index contributed by atoms with van der Waals surface area (Å²) in [5.74, 6) is 1.04. The molecule has 0 atom stereocenters. The normalized spacial score (nSPS) is 13.6. The summed E-state index contributed by atoms with van der Waals surface area (Å²) in [6, 6.07) is 6.68. The Morgan fingerprint density at radius 1 is 1.11 bits per heavy atom. The van der Waals surface area contributed by atoms with Crippen molar-refractivity contribution in [3.63, 3.8) is 0 Å². The second-order valence-electron chi connectivity index (χ2n) is 8.02. The molecular formula is C24H40N2O. The predicted molar refractivity (Wildman–Crippen MR) is 118 cm³/mol. The number of ether oxygens (including phenoxy) is 1. The number of hydrogen-bond donors (Lipinski definition) is 0. The molecule has 0 saturated carbocycles. The van der Waals surface area contributed by atoms with Crippen LogP contribution in [0, 0.1) is 0 Å². The summed E-state index contributed by atoms with van der Waals surface area (Å²) in [4.78, 5) is 5.08. The molecule has 1 aromatic rings. The molecule has 0 unspecified atom stereocenters. The van der Waals surface area contributed by atoms with E-state index in [2.05, 4.69) is 61.8 Å². The molecule has 1 aliphatic rings. The molecule has 1 aliphatic heterocycles. The third-order valence-corrected chi connectivity index (χ3v) is 5.20. The average Bonchev–Trinajstić information content (AvgIpc) is 2.66. The average molecular weight is 373 g/mol. The Morgan fingerprint density at radius 3 is 2.59 bits per heavy atom. The fourth-order valence-electron chi connectivity index (χ4n) is 3.82. The minimum absolute atomic E-state index is 0.826. The molecule has 2 rings (SSSR count). The van der Waals surface area contributed by atoms with Crippen LogP contribution in [0.5, 0.6) is 5.75 Å². The van der Waals surface area contributed by atoms with E-state index >= 15 is 0 Å². The van der Waals surface area contributed by atoms with Crippen LogP contribution in [0.25, 0.3) is 0 Å². The van der Waals surface area contributed by atoms with Crippen molar-refractivity contribution in [2.75, 3.05) is 44.2 Å². The standard InChI is InChI=1S/C24H40N2O/c1-5-14-25(15-6-2)16-7-8-19-27-23-11-12-24-22(20-23)10-9-17-26(24)18-13-21(3)4/h11-13,20H,5-10,14-19H2,1-4H3. The van der Waals surface area contributed by atoms with E-state index in [1.54, 1.807) is 0 Å². The second kappa shape index (κ2) is 12.1. The van der Waals surface area contributed by atoms with Gasteiger partial charge in [0.2, 0.25) is 0 Å². The zero-order valence-corrected chi connectivity index (χ0v) is 18.1. The summed E-state index contributed by atoms with van der Waals surface area (Å²) in [6.45, 7) is 15.5. The van der Waals surface area contributed by atoms with Crippen molar-refractivity contribution in [1.29, 1.82) is 0 Å². The van der Waals surface area contributed by atoms with Gasteiger partial charge in [-0.05, 0) is 95.8 Å². The first kappa shape index (κ1) is 21.8. The highest BCUT2D eigenvalue weighted by Gasteiger charge is 2.16. The molecule has 1 aromatic carbocycles. The van der Waals surface area contributed by atoms with E-state index in [1.807, 2.05) is 0 Å². The Bertz CT molecular complexity index is 572. The summed E-state index contributed by atoms with van der Waals surface area (Å²) < 4.78 is 6.06. The van der Waals surface area contributed by atoms with Gasteiger partial charge in [-0.2, -0.15) is 0 Å². The molecule has 0 aromatic heterocycles. The van der Waals surface area contributed by atoms with Gasteiger partial charge in [0.15, 0.2) is 0 Å². The molecule has 0 fully saturated rings. The van der Waals surface area contributed by atoms with E-state index in [1.165, 1.54) is 68.6 Å². The molecule has 0 spiro atoms. The number of allylic oxidation sites excluding steroid dienone is 1. The van der Waals surface area contributed by atoms with Gasteiger partial charge in [0.25, 0.3) is 0 Å². The van der Waals surface area contributed by atoms with Gasteiger partial charge in [0.1, 0.15) is 5.75 Å². The Hall–Kier alpha value is -1.48. The van der Waals surface area contributed by atoms with E-state index < -0.39 is 0 Å². The summed E-state index contributed by atoms with van der Waals surface area (Å²) in [5, 5.41) is 0. The van der Waals surface area contributed by atoms with Crippen molar-refractivity contribution in [1.82, 2.24) is 4.90 Å². The van der Waals surface area contributed by atoms with Gasteiger partial charge in [-0.1, -0.05) is 25.5 Å². The molecule has 0 amide bonds. The van der Waals surface area contributed by atoms with Gasteiger partial charge in [-0.25, -0.2) is 0 Å². The van der Waals surface area contributed by atoms with E-state index in [4.69, 9.17) is 4.74 Å². The second-order valence-corrected chi connectivity index (χ2v) is 8.02. The van der Waals surface area contributed by atoms with Crippen LogP contribution >= 0.6 is 0 Å². The SMILES string of the molecule is CCCN(CCC)CCCCOc1ccc2c(c1)CCCN2CC=C(C)C. The van der Waals surface area contributed by atoms with Gasteiger partial charge in [-0.3, -0.25) is 0 Å². The Kier molecular flexibility index (Phi) is 9.75. The van der Waals surface area contributed by atoms with Gasteiger partial charge in [0.05, 0.1) is 6.61 Å². The largest absolute Gasteiger partial charge is 0.494 e. The number of nitrogens with zero attached hydrogens (tertiary/aromatic N) is 2. The third-order valence-electron chi connectivity index (χ3n) is 5.20. The number of unbranched alkanes of at least 4 members (excludes halogenated alkanes) is 1. The maximum atomic E-state index is 6.06. The van der Waals surface area contributed by atoms with E-state index in [9.17, 15) is 0 Å². The van der Waals surface area contributed by atoms with E-state index in [0.29, 0.717) is 0 Å². The number of aryl methyl sites for hydroxylation is 1. The molecule has 0 radical (unpaired) electrons. The smallest absolute Gasteiger partial charge is 0.119 e. The molecule has 0 N–H and O–H groups in total. The topological polar surface area (TPSA) is 15.7 Å². The summed E-state index contributed by atoms with van der Waals surface area (Å²) in [7, 11) is 0. The molecule has 0 bridgehead atoms. The van der Waals surface area contributed by atoms with Crippen LogP contribution in [0.1, 0.15) is 65.4 Å². The van der Waals surface area contributed by atoms with Crippen molar-refractivity contribution >= 4 is 5.69 Å². The van der Waals surface area contributed by atoms with Crippen LogP contribution in [0.3, 0.4) is 0 Å². The molecule has 152 valence electrons. The van der Waals surface area contributed by atoms with Gasteiger partial charge in [0, 0.05) is 18.8 Å². The van der Waals surface area contributed by atoms with Crippen LogP contribution in [0.2, 0.25) is 0 Å². The van der Waals surface area contributed by atoms with Crippen LogP contribution in [0.4, 0.5) is 5.69 Å². The van der Waals surface area contributed by atoms with Crippen molar-refractivity contribution in [2.45, 2.75) is 66.2 Å². The van der Waals surface area contributed by atoms with Gasteiger partial charge >= 0.3 is 0 Å². The minimum Gasteiger partial charge on any atom is -0.494 e. The molecule has 0 aliphatic carbocycles. The number of rotatable bonds is 12. The van der Waals surface area contributed by atoms with Crippen molar-refractivity contribution in [3.05, 3.63) is 35.4 Å². The number of hydrogen-bond acceptors (Lipinski definition) is 3. The van der Waals surface area contributed by atoms with E-state index in [-0.39, 0.29) is 0 Å². The van der Waals surface area contributed by atoms with Gasteiger partial charge < -0.3 is 14.5 Å². The number of anilines is 1. The summed E-state index contributed by atoms with van der Waals surface area (Å²) in [6.07, 6.45) is 9.57. The predicted octanol–water partition coefficient (Wildman–Crippen LogP) is 5.69. The van der Waals surface area contributed by atoms with Crippen molar-refractivity contribution < 1.29 is 4.74 Å². The zero-order chi connectivity index (χ0) is 19.5. The van der Waals surface area contributed by atoms with Crippen LogP contribution < -0.4 is 9.64 Å². The zero-order valence-electron chi connectivity index (χ0n) is 18.1. The van der Waals surface area contributed by atoms with Gasteiger partial charge in [-0.15, -0.1) is 0 Å². The molecule has 3 heteroatoms. The molecule has 27 heavy (non-hydrogen) atoms. The third kappa shape index (κ3) is 7.57.